The van der Waals surface area contributed by atoms with Gasteiger partial charge in [-0.05, 0) is 77.0 Å². The molecule has 80 heavy (non-hydrogen) atoms. The molecule has 0 aliphatic carbocycles. The minimum Gasteiger partial charge on any atom is -0.462 e. The third kappa shape index (κ3) is 66.2. The number of carbonyl (C=O) groups excluding carboxylic acids is 3. The molecular weight excluding hydrogens is 985 g/mol. The van der Waals surface area contributed by atoms with Gasteiger partial charge in [-0.3, -0.25) is 14.4 Å². The van der Waals surface area contributed by atoms with Crippen molar-refractivity contribution in [3.05, 3.63) is 48.6 Å². The van der Waals surface area contributed by atoms with Crippen molar-refractivity contribution < 1.29 is 28.6 Å². The third-order valence-electron chi connectivity index (χ3n) is 16.1. The zero-order valence-corrected chi connectivity index (χ0v) is 53.9. The average molecular weight is 1120 g/mol. The Morgan fingerprint density at radius 2 is 0.463 bits per heavy atom. The number of esters is 3. The number of hydrogen-bond acceptors (Lipinski definition) is 6. The molecule has 0 spiro atoms. The van der Waals surface area contributed by atoms with E-state index in [1.54, 1.807) is 0 Å². The molecule has 0 fully saturated rings. The Kier molecular flexibility index (Phi) is 66.6. The van der Waals surface area contributed by atoms with Crippen molar-refractivity contribution in [2.24, 2.45) is 0 Å². The van der Waals surface area contributed by atoms with E-state index in [0.717, 1.165) is 83.5 Å². The van der Waals surface area contributed by atoms with Crippen molar-refractivity contribution in [3.8, 4) is 0 Å². The van der Waals surface area contributed by atoms with Gasteiger partial charge in [0.1, 0.15) is 13.2 Å². The van der Waals surface area contributed by atoms with Gasteiger partial charge in [0, 0.05) is 19.3 Å². The van der Waals surface area contributed by atoms with E-state index in [2.05, 4.69) is 69.4 Å². The molecule has 0 N–H and O–H groups in total. The fourth-order valence-corrected chi connectivity index (χ4v) is 10.7. The van der Waals surface area contributed by atoms with Crippen LogP contribution in [-0.2, 0) is 28.6 Å². The van der Waals surface area contributed by atoms with Crippen molar-refractivity contribution in [1.29, 1.82) is 0 Å². The van der Waals surface area contributed by atoms with Crippen molar-refractivity contribution >= 4 is 17.9 Å². The summed E-state index contributed by atoms with van der Waals surface area (Å²) in [5, 5.41) is 0. The Hall–Kier alpha value is -2.63. The number of ether oxygens (including phenoxy) is 3. The van der Waals surface area contributed by atoms with Crippen LogP contribution >= 0.6 is 0 Å². The molecule has 0 saturated heterocycles. The first-order valence-electron chi connectivity index (χ1n) is 35.6. The van der Waals surface area contributed by atoms with Crippen LogP contribution in [0.25, 0.3) is 0 Å². The second-order valence-corrected chi connectivity index (χ2v) is 24.1. The summed E-state index contributed by atoms with van der Waals surface area (Å²) in [6.07, 6.45) is 87.1. The van der Waals surface area contributed by atoms with Gasteiger partial charge < -0.3 is 14.2 Å². The first-order valence-corrected chi connectivity index (χ1v) is 35.6. The van der Waals surface area contributed by atoms with Gasteiger partial charge in [-0.15, -0.1) is 0 Å². The molecule has 0 rings (SSSR count). The smallest absolute Gasteiger partial charge is 0.306 e. The summed E-state index contributed by atoms with van der Waals surface area (Å²) in [7, 11) is 0. The first-order chi connectivity index (χ1) is 39.5. The van der Waals surface area contributed by atoms with Crippen molar-refractivity contribution in [2.45, 2.75) is 393 Å². The number of unbranched alkanes of at least 4 members (excludes halogenated alkanes) is 47. The van der Waals surface area contributed by atoms with Crippen molar-refractivity contribution in [2.75, 3.05) is 13.2 Å². The highest BCUT2D eigenvalue weighted by Gasteiger charge is 2.19. The molecule has 0 aromatic rings. The number of allylic oxidation sites excluding steroid dienone is 8. The summed E-state index contributed by atoms with van der Waals surface area (Å²) in [6, 6.07) is 0. The summed E-state index contributed by atoms with van der Waals surface area (Å²) < 4.78 is 17.0. The maximum atomic E-state index is 13.0. The van der Waals surface area contributed by atoms with Gasteiger partial charge in [-0.2, -0.15) is 0 Å². The number of hydrogen-bond donors (Lipinski definition) is 0. The lowest BCUT2D eigenvalue weighted by Crippen LogP contribution is -2.30. The third-order valence-corrected chi connectivity index (χ3v) is 16.1. The van der Waals surface area contributed by atoms with Crippen LogP contribution in [0.1, 0.15) is 387 Å². The molecule has 0 aliphatic rings. The van der Waals surface area contributed by atoms with Gasteiger partial charge in [-0.1, -0.05) is 339 Å². The highest BCUT2D eigenvalue weighted by atomic mass is 16.6. The van der Waals surface area contributed by atoms with Gasteiger partial charge in [0.05, 0.1) is 0 Å². The summed E-state index contributed by atoms with van der Waals surface area (Å²) in [5.41, 5.74) is 0. The van der Waals surface area contributed by atoms with E-state index in [-0.39, 0.29) is 31.1 Å². The van der Waals surface area contributed by atoms with Gasteiger partial charge in [-0.25, -0.2) is 0 Å². The van der Waals surface area contributed by atoms with Gasteiger partial charge in [0.2, 0.25) is 0 Å². The van der Waals surface area contributed by atoms with E-state index < -0.39 is 6.10 Å². The number of carbonyl (C=O) groups is 3. The van der Waals surface area contributed by atoms with E-state index >= 15 is 0 Å². The summed E-state index contributed by atoms with van der Waals surface area (Å²) >= 11 is 0. The molecule has 1 unspecified atom stereocenters. The van der Waals surface area contributed by atoms with Gasteiger partial charge in [0.15, 0.2) is 6.10 Å². The van der Waals surface area contributed by atoms with Crippen LogP contribution in [0.2, 0.25) is 0 Å². The predicted octanol–water partition coefficient (Wildman–Crippen LogP) is 24.5. The normalized spacial score (nSPS) is 12.3. The second kappa shape index (κ2) is 68.9. The SMILES string of the molecule is CCCC/C=C\C/C=C\CCCCCCCC(=O)OCC(COC(=O)CCCCCCCCCCCCCCC/C=C\C/C=C\CCCCCCC)OC(=O)CCCCCCCCCCCCCCCCCCCCCCCCC. The van der Waals surface area contributed by atoms with Crippen molar-refractivity contribution in [1.82, 2.24) is 0 Å². The van der Waals surface area contributed by atoms with Gasteiger partial charge >= 0.3 is 17.9 Å². The topological polar surface area (TPSA) is 78.9 Å². The summed E-state index contributed by atoms with van der Waals surface area (Å²) in [5.74, 6) is -0.862. The summed E-state index contributed by atoms with van der Waals surface area (Å²) in [6.45, 7) is 6.65. The molecule has 468 valence electrons. The Labute approximate surface area is 498 Å². The Bertz CT molecular complexity index is 1380. The molecule has 0 radical (unpaired) electrons. The molecule has 0 aromatic carbocycles. The van der Waals surface area contributed by atoms with E-state index in [4.69, 9.17) is 14.2 Å². The fourth-order valence-electron chi connectivity index (χ4n) is 10.7. The van der Waals surface area contributed by atoms with Crippen LogP contribution in [-0.4, -0.2) is 37.2 Å². The highest BCUT2D eigenvalue weighted by Crippen LogP contribution is 2.18. The van der Waals surface area contributed by atoms with E-state index in [9.17, 15) is 14.4 Å². The monoisotopic (exact) mass is 1120 g/mol. The molecule has 6 nitrogen and oxygen atoms in total. The Balaban J connectivity index is 4.26. The van der Waals surface area contributed by atoms with Crippen LogP contribution in [0.5, 0.6) is 0 Å². The average Bonchev–Trinajstić information content (AvgIpc) is 3.46. The Morgan fingerprint density at radius 1 is 0.250 bits per heavy atom. The molecule has 0 heterocycles. The molecule has 0 saturated carbocycles. The molecule has 0 aromatic heterocycles. The lowest BCUT2D eigenvalue weighted by molar-refractivity contribution is -0.167. The van der Waals surface area contributed by atoms with E-state index in [0.29, 0.717) is 19.3 Å². The van der Waals surface area contributed by atoms with Crippen LogP contribution in [0, 0.1) is 0 Å². The van der Waals surface area contributed by atoms with Crippen LogP contribution in [0.3, 0.4) is 0 Å². The largest absolute Gasteiger partial charge is 0.462 e. The lowest BCUT2D eigenvalue weighted by Gasteiger charge is -2.18. The predicted molar refractivity (Wildman–Crippen MR) is 349 cm³/mol. The number of rotatable bonds is 66. The lowest BCUT2D eigenvalue weighted by atomic mass is 10.0. The maximum Gasteiger partial charge on any atom is 0.306 e. The zero-order chi connectivity index (χ0) is 57.8. The maximum absolute atomic E-state index is 13.0. The van der Waals surface area contributed by atoms with Crippen LogP contribution in [0.4, 0.5) is 0 Å². The quantitative estimate of drug-likeness (QED) is 0.0261. The minimum absolute atomic E-state index is 0.0738. The minimum atomic E-state index is -0.778. The van der Waals surface area contributed by atoms with Crippen LogP contribution < -0.4 is 0 Å². The zero-order valence-electron chi connectivity index (χ0n) is 53.9. The molecule has 6 heteroatoms. The molecular formula is C74H136O6. The molecule has 0 aliphatic heterocycles. The Morgan fingerprint density at radius 3 is 0.725 bits per heavy atom. The van der Waals surface area contributed by atoms with Crippen molar-refractivity contribution in [3.63, 3.8) is 0 Å². The highest BCUT2D eigenvalue weighted by molar-refractivity contribution is 5.71. The van der Waals surface area contributed by atoms with E-state index in [1.165, 1.54) is 263 Å². The van der Waals surface area contributed by atoms with Crippen LogP contribution in [0.15, 0.2) is 48.6 Å². The second-order valence-electron chi connectivity index (χ2n) is 24.1. The standard InChI is InChI=1S/C74H136O6/c1-4-7-10-13-16-19-22-25-28-30-32-34-36-37-39-40-42-44-46-49-52-55-58-61-64-67-73(76)79-70-71(69-78-72(75)66-63-60-57-54-51-48-27-24-21-18-15-12-9-6-3)80-74(77)68-65-62-59-56-53-50-47-45-43-41-38-35-33-31-29-26-23-20-17-14-11-8-5-2/h15,18,22,24-25,27,30,32,71H,4-14,16-17,19-21,23,26,28-29,31,33-70H2,1-3H3/b18-15-,25-22-,27-24-,32-30-. The van der Waals surface area contributed by atoms with E-state index in [1.807, 2.05) is 0 Å². The molecule has 0 bridgehead atoms. The fraction of sp³-hybridized carbons (Fsp3) is 0.851. The molecule has 0 amide bonds. The molecule has 1 atom stereocenters. The van der Waals surface area contributed by atoms with Gasteiger partial charge in [0.25, 0.3) is 0 Å². The summed E-state index contributed by atoms with van der Waals surface area (Å²) in [4.78, 5) is 38.4. The first kappa shape index (κ1) is 77.4.